The molecule has 0 atom stereocenters. The van der Waals surface area contributed by atoms with E-state index in [4.69, 9.17) is 0 Å². The summed E-state index contributed by atoms with van der Waals surface area (Å²) in [5.74, 6) is 0. The van der Waals surface area contributed by atoms with E-state index >= 15 is 0 Å². The smallest absolute Gasteiger partial charge is 2.00 e. The first-order valence-corrected chi connectivity index (χ1v) is 0. The van der Waals surface area contributed by atoms with Gasteiger partial charge in [0.25, 0.3) is 0 Å². The molecule has 0 N–H and O–H groups in total. The number of hydrogen-bond donors (Lipinski definition) is 0. The maximum absolute atomic E-state index is 0. The Morgan fingerprint density at radius 2 is 0.600 bits per heavy atom. The molecule has 0 saturated heterocycles. The van der Waals surface area contributed by atoms with Gasteiger partial charge in [-0.15, -0.1) is 0 Å². The molecule has 5 heavy (non-hydrogen) atoms. The second kappa shape index (κ2) is 48.9. The van der Waals surface area contributed by atoms with Crippen molar-refractivity contribution < 1.29 is 49.1 Å². The van der Waals surface area contributed by atoms with Crippen molar-refractivity contribution in [3.05, 3.63) is 0 Å². The van der Waals surface area contributed by atoms with Crippen LogP contribution in [0.25, 0.3) is 0 Å². The van der Waals surface area contributed by atoms with Gasteiger partial charge in [0, 0.05) is 0 Å². The third-order valence-electron chi connectivity index (χ3n) is 0. The second-order valence-electron chi connectivity index (χ2n) is 0. The molecular weight excluding hydrogens is 164 g/mol. The van der Waals surface area contributed by atoms with Crippen LogP contribution in [-0.2, 0) is 49.1 Å². The number of hydrogen-bond acceptors (Lipinski definition) is 0. The first kappa shape index (κ1) is 86.2. The zero-order valence-corrected chi connectivity index (χ0v) is 6.37. The summed E-state index contributed by atoms with van der Waals surface area (Å²) in [6.07, 6.45) is 0. The quantitative estimate of drug-likeness (QED) is 0.422. The molecule has 0 fully saturated rings. The topological polar surface area (TPSA) is 85.5 Å². The minimum atomic E-state index is 0. The van der Waals surface area contributed by atoms with E-state index in [0.29, 0.717) is 0 Å². The molecule has 0 aromatic heterocycles. The van der Waals surface area contributed by atoms with Crippen molar-refractivity contribution in [2.24, 2.45) is 0 Å². The third kappa shape index (κ3) is 29.7. The Balaban J connectivity index is 0. The van der Waals surface area contributed by atoms with Gasteiger partial charge in [-0.05, 0) is 0 Å². The molecule has 0 amide bonds. The van der Waals surface area contributed by atoms with Crippen molar-refractivity contribution in [3.63, 3.8) is 0 Å². The van der Waals surface area contributed by atoms with Crippen molar-refractivity contribution in [3.8, 4) is 0 Å². The Hall–Kier alpha value is 1.52. The molecule has 0 unspecified atom stereocenters. The summed E-state index contributed by atoms with van der Waals surface area (Å²) in [4.78, 5) is 0. The normalized spacial score (nSPS) is 0. The van der Waals surface area contributed by atoms with Crippen LogP contribution in [-0.4, -0.2) is 17.4 Å². The molecule has 5 heteroatoms. The molecule has 0 saturated carbocycles. The van der Waals surface area contributed by atoms with Crippen LogP contribution in [0.1, 0.15) is 0 Å². The van der Waals surface area contributed by atoms with Crippen LogP contribution in [0, 0.1) is 0 Å². The molecule has 0 aliphatic carbocycles. The van der Waals surface area contributed by atoms with Gasteiger partial charge in [0.2, 0.25) is 0 Å². The summed E-state index contributed by atoms with van der Waals surface area (Å²) < 4.78 is 0. The summed E-state index contributed by atoms with van der Waals surface area (Å²) in [5, 5.41) is 0. The third-order valence-corrected chi connectivity index (χ3v) is 0. The molecule has 0 spiro atoms. The molecule has 0 rings (SSSR count). The van der Waals surface area contributed by atoms with E-state index in [1.807, 2.05) is 0 Å². The van der Waals surface area contributed by atoms with Gasteiger partial charge in [-0.25, -0.2) is 0 Å². The van der Waals surface area contributed by atoms with Crippen LogP contribution < -0.4 is 0 Å². The van der Waals surface area contributed by atoms with Gasteiger partial charge in [-0.2, -0.15) is 0 Å². The zero-order chi connectivity index (χ0) is 0. The molecule has 0 heterocycles. The molecule has 0 aromatic rings. The first-order chi connectivity index (χ1) is 0. The van der Waals surface area contributed by atoms with Crippen molar-refractivity contribution >= 4 is 17.4 Å². The largest absolute Gasteiger partial charge is 3.00 e. The average Bonchev–Trinajstić information content (AvgIpc) is 0. The van der Waals surface area contributed by atoms with Gasteiger partial charge < -0.3 is 16.4 Å². The maximum Gasteiger partial charge on any atom is 3.00 e. The molecule has 0 aromatic carbocycles. The molecule has 0 aliphatic rings. The van der Waals surface area contributed by atoms with Gasteiger partial charge >= 0.3 is 50.1 Å². The van der Waals surface area contributed by atoms with Gasteiger partial charge in [0.05, 0.1) is 0 Å². The molecule has 0 radical (unpaired) electrons. The van der Waals surface area contributed by atoms with Crippen LogP contribution in [0.2, 0.25) is 0 Å². The monoisotopic (exact) mass is 164 g/mol. The van der Waals surface area contributed by atoms with Crippen molar-refractivity contribution in [1.82, 2.24) is 0 Å². The van der Waals surface area contributed by atoms with Gasteiger partial charge in [-0.3, -0.25) is 0 Å². The van der Waals surface area contributed by atoms with Crippen molar-refractivity contribution in [1.29, 1.82) is 0 Å². The van der Waals surface area contributed by atoms with Crippen molar-refractivity contribution in [2.75, 3.05) is 0 Å². The standard InChI is InChI=1S/Al.3O.Y/q+3;3*-2;+3. The number of rotatable bonds is 0. The van der Waals surface area contributed by atoms with Crippen LogP contribution in [0.5, 0.6) is 0 Å². The summed E-state index contributed by atoms with van der Waals surface area (Å²) >= 11 is 0. The van der Waals surface area contributed by atoms with E-state index < -0.39 is 0 Å². The Morgan fingerprint density at radius 3 is 0.600 bits per heavy atom. The molecular formula is AlO3Y. The van der Waals surface area contributed by atoms with Gasteiger partial charge in [0.1, 0.15) is 0 Å². The minimum Gasteiger partial charge on any atom is -2.00 e. The zero-order valence-electron chi connectivity index (χ0n) is 2.38. The SMILES string of the molecule is [Al+3].[O-2].[O-2].[O-2].[Y+3]. The Morgan fingerprint density at radius 1 is 0.600 bits per heavy atom. The molecule has 3 nitrogen and oxygen atoms in total. The van der Waals surface area contributed by atoms with Crippen LogP contribution in [0.4, 0.5) is 0 Å². The van der Waals surface area contributed by atoms with Crippen LogP contribution >= 0.6 is 0 Å². The fourth-order valence-corrected chi connectivity index (χ4v) is 0. The van der Waals surface area contributed by atoms with E-state index in [9.17, 15) is 0 Å². The van der Waals surface area contributed by atoms with Gasteiger partial charge in [0.15, 0.2) is 0 Å². The molecule has 24 valence electrons. The Bertz CT molecular complexity index is 6.85. The van der Waals surface area contributed by atoms with Gasteiger partial charge in [-0.1, -0.05) is 0 Å². The van der Waals surface area contributed by atoms with E-state index in [0.717, 1.165) is 0 Å². The average molecular weight is 164 g/mol. The second-order valence-corrected chi connectivity index (χ2v) is 0. The van der Waals surface area contributed by atoms with Crippen LogP contribution in [0.15, 0.2) is 0 Å². The Kier molecular flexibility index (Phi) is 844. The summed E-state index contributed by atoms with van der Waals surface area (Å²) in [7, 11) is 0. The molecule has 0 aliphatic heterocycles. The predicted octanol–water partition coefficient (Wildman–Crippen LogP) is -0.740. The minimum absolute atomic E-state index is 0. The van der Waals surface area contributed by atoms with E-state index in [-0.39, 0.29) is 66.5 Å². The summed E-state index contributed by atoms with van der Waals surface area (Å²) in [5.41, 5.74) is 0. The van der Waals surface area contributed by atoms with E-state index in [2.05, 4.69) is 0 Å². The fraction of sp³-hybridized carbons (Fsp3) is 0. The van der Waals surface area contributed by atoms with E-state index in [1.54, 1.807) is 0 Å². The fourth-order valence-electron chi connectivity index (χ4n) is 0. The summed E-state index contributed by atoms with van der Waals surface area (Å²) in [6, 6.07) is 0. The Labute approximate surface area is 66.1 Å². The van der Waals surface area contributed by atoms with E-state index in [1.165, 1.54) is 0 Å². The van der Waals surface area contributed by atoms with Crippen molar-refractivity contribution in [2.45, 2.75) is 0 Å². The predicted molar refractivity (Wildman–Crippen MR) is 7.81 cm³/mol. The first-order valence-electron chi connectivity index (χ1n) is 0. The van der Waals surface area contributed by atoms with Crippen LogP contribution in [0.3, 0.4) is 0 Å². The maximum atomic E-state index is 0. The molecule has 0 bridgehead atoms. The summed E-state index contributed by atoms with van der Waals surface area (Å²) in [6.45, 7) is 0.